The van der Waals surface area contributed by atoms with Gasteiger partial charge in [-0.05, 0) is 25.3 Å². The number of carboxylic acid groups (broad SMARTS) is 2. The summed E-state index contributed by atoms with van der Waals surface area (Å²) in [4.78, 5) is 20.7. The largest absolute Gasteiger partial charge is 0.502 e. The second kappa shape index (κ2) is 15.4. The van der Waals surface area contributed by atoms with Crippen molar-refractivity contribution < 1.29 is 24.9 Å². The molecule has 5 nitrogen and oxygen atoms in total. The van der Waals surface area contributed by atoms with E-state index in [1.807, 2.05) is 0 Å². The molecule has 0 fully saturated rings. The molecule has 0 atom stereocenters. The first-order chi connectivity index (χ1) is 11.0. The summed E-state index contributed by atoms with van der Waals surface area (Å²) in [6, 6.07) is 0. The van der Waals surface area contributed by atoms with Crippen LogP contribution < -0.4 is 0 Å². The Hall–Kier alpha value is -1.52. The Labute approximate surface area is 139 Å². The molecule has 134 valence electrons. The standard InChI is InChI=1S/C18H32O5/c19-16(18(22)23)14-12-10-8-6-4-2-1-3-5-7-9-11-13-15-17(20)21/h14,19H,1-13,15H2,(H,20,21)(H,22,23)/b16-14-. The van der Waals surface area contributed by atoms with Gasteiger partial charge in [0, 0.05) is 6.42 Å². The third-order valence-corrected chi connectivity index (χ3v) is 3.90. The van der Waals surface area contributed by atoms with E-state index in [-0.39, 0.29) is 0 Å². The van der Waals surface area contributed by atoms with E-state index in [0.29, 0.717) is 12.8 Å². The van der Waals surface area contributed by atoms with Gasteiger partial charge in [0.1, 0.15) is 0 Å². The van der Waals surface area contributed by atoms with Gasteiger partial charge in [-0.25, -0.2) is 4.79 Å². The highest BCUT2D eigenvalue weighted by Gasteiger charge is 2.01. The second-order valence-electron chi connectivity index (χ2n) is 6.07. The molecule has 0 saturated heterocycles. The Morgan fingerprint density at radius 2 is 1.00 bits per heavy atom. The van der Waals surface area contributed by atoms with Gasteiger partial charge in [0.2, 0.25) is 0 Å². The first kappa shape index (κ1) is 21.5. The summed E-state index contributed by atoms with van der Waals surface area (Å²) in [6.07, 6.45) is 15.9. The third-order valence-electron chi connectivity index (χ3n) is 3.90. The lowest BCUT2D eigenvalue weighted by atomic mass is 10.0. The molecule has 3 N–H and O–H groups in total. The number of hydrogen-bond donors (Lipinski definition) is 3. The van der Waals surface area contributed by atoms with Crippen molar-refractivity contribution in [2.45, 2.75) is 89.9 Å². The van der Waals surface area contributed by atoms with Crippen molar-refractivity contribution in [3.63, 3.8) is 0 Å². The van der Waals surface area contributed by atoms with Gasteiger partial charge in [0.25, 0.3) is 0 Å². The highest BCUT2D eigenvalue weighted by Crippen LogP contribution is 2.13. The Bertz CT molecular complexity index is 349. The van der Waals surface area contributed by atoms with E-state index in [0.717, 1.165) is 38.5 Å². The van der Waals surface area contributed by atoms with Crippen LogP contribution in [0, 0.1) is 0 Å². The third kappa shape index (κ3) is 16.7. The molecule has 23 heavy (non-hydrogen) atoms. The monoisotopic (exact) mass is 328 g/mol. The predicted octanol–water partition coefficient (Wildman–Crippen LogP) is 5.06. The van der Waals surface area contributed by atoms with Gasteiger partial charge >= 0.3 is 11.9 Å². The Kier molecular flexibility index (Phi) is 14.4. The van der Waals surface area contributed by atoms with Gasteiger partial charge in [-0.15, -0.1) is 0 Å². The molecule has 0 aromatic carbocycles. The maximum absolute atomic E-state index is 10.3. The van der Waals surface area contributed by atoms with E-state index in [4.69, 9.17) is 15.3 Å². The summed E-state index contributed by atoms with van der Waals surface area (Å²) in [5.74, 6) is -2.50. The van der Waals surface area contributed by atoms with E-state index >= 15 is 0 Å². The van der Waals surface area contributed by atoms with Crippen LogP contribution in [0.5, 0.6) is 0 Å². The minimum atomic E-state index is -1.26. The molecule has 0 bridgehead atoms. The number of aliphatic carboxylic acids is 2. The first-order valence-corrected chi connectivity index (χ1v) is 8.88. The van der Waals surface area contributed by atoms with Gasteiger partial charge in [-0.1, -0.05) is 64.2 Å². The molecule has 0 rings (SSSR count). The highest BCUT2D eigenvalue weighted by molar-refractivity contribution is 5.83. The lowest BCUT2D eigenvalue weighted by Crippen LogP contribution is -1.98. The fraction of sp³-hybridized carbons (Fsp3) is 0.778. The Morgan fingerprint density at radius 3 is 1.39 bits per heavy atom. The number of aliphatic hydroxyl groups excluding tert-OH is 1. The molecule has 0 unspecified atom stereocenters. The highest BCUT2D eigenvalue weighted by atomic mass is 16.4. The molecule has 0 amide bonds. The predicted molar refractivity (Wildman–Crippen MR) is 90.6 cm³/mol. The second-order valence-corrected chi connectivity index (χ2v) is 6.07. The van der Waals surface area contributed by atoms with Gasteiger partial charge in [0.15, 0.2) is 5.76 Å². The number of aliphatic hydroxyl groups is 1. The SMILES string of the molecule is O=C(O)CCCCCCCCCCCCCC/C=C(\O)C(=O)O. The zero-order chi connectivity index (χ0) is 17.3. The number of unbranched alkanes of at least 4 members (excludes halogenated alkanes) is 12. The normalized spacial score (nSPS) is 11.6. The van der Waals surface area contributed by atoms with Gasteiger partial charge in [-0.3, -0.25) is 4.79 Å². The van der Waals surface area contributed by atoms with Gasteiger partial charge in [-0.2, -0.15) is 0 Å². The number of carboxylic acids is 2. The van der Waals surface area contributed by atoms with Gasteiger partial charge in [0.05, 0.1) is 0 Å². The van der Waals surface area contributed by atoms with E-state index in [2.05, 4.69) is 0 Å². The van der Waals surface area contributed by atoms with E-state index in [1.54, 1.807) is 0 Å². The van der Waals surface area contributed by atoms with Crippen molar-refractivity contribution in [3.05, 3.63) is 11.8 Å². The molecule has 0 radical (unpaired) electrons. The summed E-state index contributed by atoms with van der Waals surface area (Å²) in [5.41, 5.74) is 0. The summed E-state index contributed by atoms with van der Waals surface area (Å²) in [5, 5.41) is 26.0. The molecule has 0 spiro atoms. The zero-order valence-electron chi connectivity index (χ0n) is 14.1. The minimum absolute atomic E-state index is 0.297. The van der Waals surface area contributed by atoms with Crippen LogP contribution in [0.2, 0.25) is 0 Å². The van der Waals surface area contributed by atoms with E-state index < -0.39 is 17.7 Å². The van der Waals surface area contributed by atoms with Gasteiger partial charge < -0.3 is 15.3 Å². The summed E-state index contributed by atoms with van der Waals surface area (Å²) < 4.78 is 0. The van der Waals surface area contributed by atoms with Crippen LogP contribution in [-0.2, 0) is 9.59 Å². The molecule has 0 heterocycles. The van der Waals surface area contributed by atoms with Crippen molar-refractivity contribution in [1.29, 1.82) is 0 Å². The number of allylic oxidation sites excluding steroid dienone is 1. The minimum Gasteiger partial charge on any atom is -0.502 e. The molecule has 0 aliphatic rings. The topological polar surface area (TPSA) is 94.8 Å². The molecular formula is C18H32O5. The molecule has 0 aliphatic heterocycles. The zero-order valence-corrected chi connectivity index (χ0v) is 14.1. The summed E-state index contributed by atoms with van der Waals surface area (Å²) in [6.45, 7) is 0. The lowest BCUT2D eigenvalue weighted by Gasteiger charge is -2.02. The quantitative estimate of drug-likeness (QED) is 0.209. The van der Waals surface area contributed by atoms with Crippen molar-refractivity contribution >= 4 is 11.9 Å². The van der Waals surface area contributed by atoms with Crippen molar-refractivity contribution in [2.75, 3.05) is 0 Å². The molecule has 5 heteroatoms. The fourth-order valence-electron chi connectivity index (χ4n) is 2.51. The van der Waals surface area contributed by atoms with Crippen molar-refractivity contribution in [3.8, 4) is 0 Å². The van der Waals surface area contributed by atoms with E-state index in [1.165, 1.54) is 44.6 Å². The van der Waals surface area contributed by atoms with Crippen LogP contribution in [-0.4, -0.2) is 27.3 Å². The van der Waals surface area contributed by atoms with Crippen molar-refractivity contribution in [1.82, 2.24) is 0 Å². The van der Waals surface area contributed by atoms with Crippen LogP contribution in [0.3, 0.4) is 0 Å². The first-order valence-electron chi connectivity index (χ1n) is 8.88. The lowest BCUT2D eigenvalue weighted by molar-refractivity contribution is -0.137. The van der Waals surface area contributed by atoms with Crippen LogP contribution in [0.4, 0.5) is 0 Å². The Morgan fingerprint density at radius 1 is 0.609 bits per heavy atom. The molecule has 0 saturated carbocycles. The fourth-order valence-corrected chi connectivity index (χ4v) is 2.51. The number of hydrogen-bond acceptors (Lipinski definition) is 3. The molecule has 0 aromatic heterocycles. The molecule has 0 aromatic rings. The maximum atomic E-state index is 10.3. The van der Waals surface area contributed by atoms with Crippen LogP contribution in [0.1, 0.15) is 89.9 Å². The van der Waals surface area contributed by atoms with Crippen LogP contribution in [0.25, 0.3) is 0 Å². The number of rotatable bonds is 16. The van der Waals surface area contributed by atoms with Crippen molar-refractivity contribution in [2.24, 2.45) is 0 Å². The Balaban J connectivity index is 3.15. The summed E-state index contributed by atoms with van der Waals surface area (Å²) in [7, 11) is 0. The van der Waals surface area contributed by atoms with Crippen LogP contribution >= 0.6 is 0 Å². The molecule has 0 aliphatic carbocycles. The van der Waals surface area contributed by atoms with Crippen LogP contribution in [0.15, 0.2) is 11.8 Å². The number of carbonyl (C=O) groups is 2. The molecular weight excluding hydrogens is 296 g/mol. The smallest absolute Gasteiger partial charge is 0.370 e. The summed E-state index contributed by atoms with van der Waals surface area (Å²) >= 11 is 0. The van der Waals surface area contributed by atoms with E-state index in [9.17, 15) is 9.59 Å². The maximum Gasteiger partial charge on any atom is 0.370 e. The average molecular weight is 328 g/mol. The average Bonchev–Trinajstić information content (AvgIpc) is 2.50.